The van der Waals surface area contributed by atoms with Gasteiger partial charge in [0.1, 0.15) is 6.42 Å². The molecule has 1 aromatic heterocycles. The van der Waals surface area contributed by atoms with Gasteiger partial charge < -0.3 is 14.2 Å². The zero-order valence-corrected chi connectivity index (χ0v) is 10.6. The van der Waals surface area contributed by atoms with Crippen molar-refractivity contribution in [3.63, 3.8) is 0 Å². The number of rotatable bonds is 5. The van der Waals surface area contributed by atoms with Crippen LogP contribution < -0.4 is 0 Å². The van der Waals surface area contributed by atoms with Gasteiger partial charge in [-0.05, 0) is 6.92 Å². The van der Waals surface area contributed by atoms with Crippen LogP contribution in [0.3, 0.4) is 0 Å². The molecule has 0 N–H and O–H groups in total. The number of aromatic nitrogens is 1. The van der Waals surface area contributed by atoms with E-state index in [1.54, 1.807) is 0 Å². The Hall–Kier alpha value is -0.980. The van der Waals surface area contributed by atoms with E-state index in [9.17, 15) is 4.79 Å². The van der Waals surface area contributed by atoms with Crippen LogP contribution in [0.4, 0.5) is 0 Å². The molecule has 0 saturated carbocycles. The fraction of sp³-hybridized carbons (Fsp3) is 0.600. The van der Waals surface area contributed by atoms with Crippen LogP contribution in [0.25, 0.3) is 0 Å². The van der Waals surface area contributed by atoms with Gasteiger partial charge in [-0.25, -0.2) is 4.98 Å². The van der Waals surface area contributed by atoms with Gasteiger partial charge in [-0.15, -0.1) is 11.3 Å². The summed E-state index contributed by atoms with van der Waals surface area (Å²) < 4.78 is 15.2. The predicted octanol–water partition coefficient (Wildman–Crippen LogP) is 1.46. The molecule has 0 amide bonds. The molecule has 1 aromatic rings. The molecule has 1 heterocycles. The Kier molecular flexibility index (Phi) is 4.40. The molecule has 0 atom stereocenters. The lowest BCUT2D eigenvalue weighted by atomic mass is 10.2. The molecule has 16 heavy (non-hydrogen) atoms. The summed E-state index contributed by atoms with van der Waals surface area (Å²) in [5, 5.41) is 2.49. The molecular weight excluding hydrogens is 230 g/mol. The van der Waals surface area contributed by atoms with Gasteiger partial charge >= 0.3 is 5.97 Å². The quantitative estimate of drug-likeness (QED) is 0.580. The first-order valence-corrected chi connectivity index (χ1v) is 5.55. The van der Waals surface area contributed by atoms with Gasteiger partial charge in [0.2, 0.25) is 5.79 Å². The molecule has 90 valence electrons. The van der Waals surface area contributed by atoms with Gasteiger partial charge in [-0.2, -0.15) is 0 Å². The number of esters is 1. The van der Waals surface area contributed by atoms with Crippen molar-refractivity contribution in [1.82, 2.24) is 4.98 Å². The number of thiazole rings is 1. The first kappa shape index (κ1) is 13.1. The van der Waals surface area contributed by atoms with Crippen LogP contribution in [-0.2, 0) is 24.8 Å². The van der Waals surface area contributed by atoms with Crippen LogP contribution in [0, 0.1) is 6.92 Å². The van der Waals surface area contributed by atoms with Crippen LogP contribution in [-0.4, -0.2) is 32.3 Å². The summed E-state index contributed by atoms with van der Waals surface area (Å²) in [6, 6.07) is 0. The van der Waals surface area contributed by atoms with Gasteiger partial charge in [0.05, 0.1) is 7.11 Å². The molecular formula is C10H15NO4S. The van der Waals surface area contributed by atoms with E-state index in [2.05, 4.69) is 9.72 Å². The van der Waals surface area contributed by atoms with Crippen molar-refractivity contribution in [3.05, 3.63) is 16.1 Å². The van der Waals surface area contributed by atoms with Gasteiger partial charge in [-0.3, -0.25) is 4.79 Å². The third-order valence-electron chi connectivity index (χ3n) is 2.21. The normalized spacial score (nSPS) is 11.5. The number of methoxy groups -OCH3 is 3. The lowest BCUT2D eigenvalue weighted by Gasteiger charge is -2.27. The lowest BCUT2D eigenvalue weighted by molar-refractivity contribution is -0.224. The molecule has 5 nitrogen and oxygen atoms in total. The zero-order chi connectivity index (χ0) is 12.2. The lowest BCUT2D eigenvalue weighted by Crippen LogP contribution is -2.34. The summed E-state index contributed by atoms with van der Waals surface area (Å²) in [6.07, 6.45) is -0.0244. The predicted molar refractivity (Wildman–Crippen MR) is 59.2 cm³/mol. The van der Waals surface area contributed by atoms with E-state index in [1.807, 2.05) is 12.3 Å². The topological polar surface area (TPSA) is 57.7 Å². The fourth-order valence-electron chi connectivity index (χ4n) is 1.27. The maximum Gasteiger partial charge on any atom is 0.311 e. The smallest absolute Gasteiger partial charge is 0.311 e. The first-order chi connectivity index (χ1) is 7.57. The maximum atomic E-state index is 11.3. The molecule has 0 aliphatic carbocycles. The summed E-state index contributed by atoms with van der Waals surface area (Å²) in [5.41, 5.74) is 0.864. The third kappa shape index (κ3) is 2.58. The van der Waals surface area contributed by atoms with E-state index in [1.165, 1.54) is 32.7 Å². The molecule has 0 aromatic carbocycles. The Morgan fingerprint density at radius 1 is 1.44 bits per heavy atom. The Bertz CT molecular complexity index is 359. The highest BCUT2D eigenvalue weighted by molar-refractivity contribution is 7.09. The Balaban J connectivity index is 3.00. The summed E-state index contributed by atoms with van der Waals surface area (Å²) >= 11 is 1.39. The average molecular weight is 245 g/mol. The minimum Gasteiger partial charge on any atom is -0.469 e. The molecule has 1 rings (SSSR count). The van der Waals surface area contributed by atoms with Crippen LogP contribution in [0.2, 0.25) is 0 Å². The second-order valence-electron chi connectivity index (χ2n) is 3.21. The minimum absolute atomic E-state index is 0.0244. The molecule has 0 bridgehead atoms. The van der Waals surface area contributed by atoms with Crippen molar-refractivity contribution in [2.45, 2.75) is 19.1 Å². The fourth-order valence-corrected chi connectivity index (χ4v) is 2.22. The van der Waals surface area contributed by atoms with E-state index in [0.29, 0.717) is 5.01 Å². The van der Waals surface area contributed by atoms with Crippen molar-refractivity contribution in [1.29, 1.82) is 0 Å². The van der Waals surface area contributed by atoms with Crippen LogP contribution in [0.5, 0.6) is 0 Å². The standard InChI is InChI=1S/C10H15NO4S/c1-7-6-16-9(11-7)10(14-3,15-4)5-8(12)13-2/h6H,5H2,1-4H3. The number of carbonyl (C=O) groups excluding carboxylic acids is 1. The molecule has 0 aliphatic heterocycles. The first-order valence-electron chi connectivity index (χ1n) is 4.67. The number of ether oxygens (including phenoxy) is 3. The van der Waals surface area contributed by atoms with Gasteiger partial charge in [0.15, 0.2) is 5.01 Å². The van der Waals surface area contributed by atoms with E-state index in [4.69, 9.17) is 9.47 Å². The van der Waals surface area contributed by atoms with Crippen LogP contribution >= 0.6 is 11.3 Å². The minimum atomic E-state index is -1.15. The van der Waals surface area contributed by atoms with Crippen molar-refractivity contribution >= 4 is 17.3 Å². The molecule has 0 saturated heterocycles. The van der Waals surface area contributed by atoms with E-state index in [-0.39, 0.29) is 6.42 Å². The molecule has 0 unspecified atom stereocenters. The number of hydrogen-bond acceptors (Lipinski definition) is 6. The van der Waals surface area contributed by atoms with Crippen molar-refractivity contribution in [3.8, 4) is 0 Å². The third-order valence-corrected chi connectivity index (χ3v) is 3.29. The highest BCUT2D eigenvalue weighted by Crippen LogP contribution is 2.32. The molecule has 6 heteroatoms. The van der Waals surface area contributed by atoms with Crippen LogP contribution in [0.1, 0.15) is 17.1 Å². The SMILES string of the molecule is COC(=O)CC(OC)(OC)c1nc(C)cs1. The van der Waals surface area contributed by atoms with Crippen molar-refractivity contribution in [2.24, 2.45) is 0 Å². The highest BCUT2D eigenvalue weighted by Gasteiger charge is 2.38. The maximum absolute atomic E-state index is 11.3. The summed E-state index contributed by atoms with van der Waals surface area (Å²) in [4.78, 5) is 15.6. The highest BCUT2D eigenvalue weighted by atomic mass is 32.1. The van der Waals surface area contributed by atoms with E-state index in [0.717, 1.165) is 5.69 Å². The zero-order valence-electron chi connectivity index (χ0n) is 9.77. The number of carbonyl (C=O) groups is 1. The van der Waals surface area contributed by atoms with Crippen LogP contribution in [0.15, 0.2) is 5.38 Å². The molecule has 0 aliphatic rings. The summed E-state index contributed by atoms with van der Waals surface area (Å²) in [7, 11) is 4.28. The number of aryl methyl sites for hydroxylation is 1. The summed E-state index contributed by atoms with van der Waals surface area (Å²) in [6.45, 7) is 1.87. The monoisotopic (exact) mass is 245 g/mol. The van der Waals surface area contributed by atoms with Gasteiger partial charge in [-0.1, -0.05) is 0 Å². The Morgan fingerprint density at radius 3 is 2.44 bits per heavy atom. The molecule has 0 fully saturated rings. The summed E-state index contributed by atoms with van der Waals surface area (Å²) in [5.74, 6) is -1.55. The Morgan fingerprint density at radius 2 is 2.06 bits per heavy atom. The van der Waals surface area contributed by atoms with Gasteiger partial charge in [0, 0.05) is 25.3 Å². The Labute approximate surface area is 98.3 Å². The van der Waals surface area contributed by atoms with E-state index >= 15 is 0 Å². The number of nitrogens with zero attached hydrogens (tertiary/aromatic N) is 1. The number of hydrogen-bond donors (Lipinski definition) is 0. The molecule has 0 radical (unpaired) electrons. The largest absolute Gasteiger partial charge is 0.469 e. The average Bonchev–Trinajstić information content (AvgIpc) is 2.73. The van der Waals surface area contributed by atoms with Gasteiger partial charge in [0.25, 0.3) is 0 Å². The second-order valence-corrected chi connectivity index (χ2v) is 4.07. The van der Waals surface area contributed by atoms with Crippen molar-refractivity contribution < 1.29 is 19.0 Å². The van der Waals surface area contributed by atoms with Crippen molar-refractivity contribution in [2.75, 3.05) is 21.3 Å². The second kappa shape index (κ2) is 5.38. The van der Waals surface area contributed by atoms with E-state index < -0.39 is 11.8 Å². The molecule has 0 spiro atoms.